The molecule has 0 radical (unpaired) electrons. The van der Waals surface area contributed by atoms with Crippen LogP contribution in [-0.4, -0.2) is 125 Å². The highest BCUT2D eigenvalue weighted by Crippen LogP contribution is 2.32. The number of aromatic carboxylic acids is 1. The molecule has 0 aliphatic carbocycles. The van der Waals surface area contributed by atoms with E-state index in [1.165, 1.54) is 29.8 Å². The van der Waals surface area contributed by atoms with Crippen molar-refractivity contribution < 1.29 is 91.6 Å². The van der Waals surface area contributed by atoms with Crippen LogP contribution in [0.15, 0.2) is 52.2 Å². The average Bonchev–Trinajstić information content (AvgIpc) is 3.43. The summed E-state index contributed by atoms with van der Waals surface area (Å²) in [5.41, 5.74) is -1.92. The molecule has 0 saturated carbocycles. The molecule has 24 nitrogen and oxygen atoms in total. The number of amides is 2. The molecule has 2 aromatic heterocycles. The number of anilines is 2. The van der Waals surface area contributed by atoms with Crippen molar-refractivity contribution in [3.63, 3.8) is 0 Å². The van der Waals surface area contributed by atoms with E-state index < -0.39 is 112 Å². The first-order valence-corrected chi connectivity index (χ1v) is 25.3. The molecule has 1 atom stereocenters. The maximum absolute atomic E-state index is 12.8. The molecule has 0 saturated heterocycles. The van der Waals surface area contributed by atoms with E-state index in [1.807, 2.05) is 5.32 Å². The van der Waals surface area contributed by atoms with Crippen LogP contribution >= 0.6 is 30.8 Å². The van der Waals surface area contributed by atoms with Crippen molar-refractivity contribution in [2.24, 2.45) is 0 Å². The van der Waals surface area contributed by atoms with Gasteiger partial charge in [0.15, 0.2) is 0 Å². The smallest absolute Gasteiger partial charge is 0.388 e. The molecule has 0 aliphatic rings. The third-order valence-electron chi connectivity index (χ3n) is 6.28. The summed E-state index contributed by atoms with van der Waals surface area (Å²) in [4.78, 5) is 68.6. The van der Waals surface area contributed by atoms with Crippen molar-refractivity contribution >= 4 is 91.3 Å². The van der Waals surface area contributed by atoms with Gasteiger partial charge in [0.05, 0.1) is 70.9 Å². The Hall–Kier alpha value is -5.41. The third-order valence-corrected chi connectivity index (χ3v) is 9.50. The van der Waals surface area contributed by atoms with Gasteiger partial charge in [0, 0.05) is 0 Å². The van der Waals surface area contributed by atoms with Crippen molar-refractivity contribution in [1.29, 1.82) is 0 Å². The number of aryl methyl sites for hydroxylation is 1. The lowest BCUT2D eigenvalue weighted by molar-refractivity contribution is -0.193. The van der Waals surface area contributed by atoms with E-state index in [1.54, 1.807) is 5.32 Å². The maximum Gasteiger partial charge on any atom is 0.388 e. The molecular formula is C31H36Cl2F6N9O15PS3. The van der Waals surface area contributed by atoms with E-state index in [9.17, 15) is 71.8 Å². The SMILES string of the molecule is C[S+](C)C.Cc1nn(-c2cc(NS(C)(=O)=O)c(Cl)cc2Cl)c(=O)n1C(F)F.O=C(Nc1nc(OC(F)F)cc(OC(F)F)n1)NS(=O)(=O)c1ccccc1C(=O)O.O=C(O)CNCP(=O)([O-])O. The van der Waals surface area contributed by atoms with Crippen molar-refractivity contribution in [1.82, 2.24) is 34.4 Å². The van der Waals surface area contributed by atoms with Crippen LogP contribution in [0, 0.1) is 6.92 Å². The number of carbonyl (C=O) groups is 3. The standard InChI is InChI=1S/C14H10F4N4O7S.C11H10Cl2F2N4O3S.C3H8NO5P.C3H9S/c15-11(16)28-8-5-9(29-12(17)18)20-13(19-8)21-14(25)22-30(26,27)7-4-2-1-3-6(7)10(23)24;1-5-16-19(11(20)18(5)10(14)15)9-4-8(17-23(2,21)22)6(12)3-7(9)13;5-3(6)1-4-2-10(7,8)9;1-4(2)3/h1-5,11-12H,(H,23,24)(H2,19,20,21,22,25);3-4,10,17H,1-2H3;4H,1-2H2,(H,5,6)(H2,7,8,9);1-3H3/q;;;+1/p-1. The number of aromatic nitrogens is 5. The Kier molecular flexibility index (Phi) is 23.3. The van der Waals surface area contributed by atoms with Gasteiger partial charge in [-0.1, -0.05) is 35.3 Å². The lowest BCUT2D eigenvalue weighted by atomic mass is 10.2. The zero-order valence-electron chi connectivity index (χ0n) is 34.4. The molecule has 67 heavy (non-hydrogen) atoms. The summed E-state index contributed by atoms with van der Waals surface area (Å²) in [7, 11) is -12.1. The molecule has 0 fully saturated rings. The summed E-state index contributed by atoms with van der Waals surface area (Å²) < 4.78 is 144. The number of alkyl halides is 6. The normalized spacial score (nSPS) is 12.1. The zero-order valence-corrected chi connectivity index (χ0v) is 39.2. The van der Waals surface area contributed by atoms with Crippen LogP contribution in [0.2, 0.25) is 10.0 Å². The minimum Gasteiger partial charge on any atom is -0.778 e. The van der Waals surface area contributed by atoms with E-state index in [0.29, 0.717) is 21.6 Å². The van der Waals surface area contributed by atoms with Crippen molar-refractivity contribution in [3.8, 4) is 17.4 Å². The van der Waals surface area contributed by atoms with Gasteiger partial charge >= 0.3 is 43.4 Å². The highest BCUT2D eigenvalue weighted by molar-refractivity contribution is 7.94. The Bertz CT molecular complexity index is 2670. The lowest BCUT2D eigenvalue weighted by Gasteiger charge is -2.14. The average molecular weight is 1090 g/mol. The van der Waals surface area contributed by atoms with Crippen LogP contribution in [0.3, 0.4) is 0 Å². The molecule has 1 unspecified atom stereocenters. The van der Waals surface area contributed by atoms with Crippen molar-refractivity contribution in [2.75, 3.05) is 47.9 Å². The number of carboxylic acids is 2. The summed E-state index contributed by atoms with van der Waals surface area (Å²) in [5, 5.41) is 24.3. The largest absolute Gasteiger partial charge is 0.778 e. The van der Waals surface area contributed by atoms with Crippen LogP contribution in [0.1, 0.15) is 22.7 Å². The van der Waals surface area contributed by atoms with Crippen LogP contribution < -0.4 is 40.1 Å². The summed E-state index contributed by atoms with van der Waals surface area (Å²) in [5.74, 6) is -5.86. The summed E-state index contributed by atoms with van der Waals surface area (Å²) in [6, 6.07) is 5.54. The van der Waals surface area contributed by atoms with Crippen LogP contribution in [0.4, 0.5) is 42.8 Å². The number of carboxylic acid groups (broad SMARTS) is 2. The molecule has 2 amide bonds. The van der Waals surface area contributed by atoms with E-state index >= 15 is 0 Å². The van der Waals surface area contributed by atoms with Gasteiger partial charge < -0.3 is 34.0 Å². The Morgan fingerprint density at radius 3 is 1.88 bits per heavy atom. The first kappa shape index (κ1) is 59.6. The second-order valence-corrected chi connectivity index (χ2v) is 20.6. The molecule has 0 aliphatic heterocycles. The van der Waals surface area contributed by atoms with Crippen LogP contribution in [0.25, 0.3) is 5.69 Å². The molecule has 2 heterocycles. The number of nitrogens with one attached hydrogen (secondary N) is 4. The molecule has 7 N–H and O–H groups in total. The predicted octanol–water partition coefficient (Wildman–Crippen LogP) is 2.96. The highest BCUT2D eigenvalue weighted by Gasteiger charge is 2.25. The van der Waals surface area contributed by atoms with E-state index in [0.717, 1.165) is 24.5 Å². The number of sulfonamides is 2. The van der Waals surface area contributed by atoms with E-state index in [-0.39, 0.29) is 31.8 Å². The molecule has 4 rings (SSSR count). The Morgan fingerprint density at radius 1 is 0.925 bits per heavy atom. The minimum absolute atomic E-state index is 0.0257. The molecule has 4 aromatic rings. The minimum atomic E-state index is -4.71. The number of halogens is 8. The number of carbonyl (C=O) groups excluding carboxylic acids is 1. The molecule has 36 heteroatoms. The number of hydrogen-bond donors (Lipinski definition) is 7. The number of ether oxygens (including phenoxy) is 2. The first-order valence-electron chi connectivity index (χ1n) is 17.0. The quantitative estimate of drug-likeness (QED) is 0.0482. The summed E-state index contributed by atoms with van der Waals surface area (Å²) >= 11 is 11.8. The lowest BCUT2D eigenvalue weighted by Crippen LogP contribution is -2.35. The second kappa shape index (κ2) is 26.2. The summed E-state index contributed by atoms with van der Waals surface area (Å²) in [6.45, 7) is -9.14. The molecule has 0 spiro atoms. The second-order valence-electron chi connectivity index (χ2n) is 12.4. The van der Waals surface area contributed by atoms with Gasteiger partial charge in [0.2, 0.25) is 27.7 Å². The fraction of sp³-hybridized carbons (Fsp3) is 0.323. The number of hydrogen-bond acceptors (Lipinski definition) is 16. The number of nitrogens with zero attached hydrogens (tertiary/aromatic N) is 5. The number of rotatable bonds is 16. The third kappa shape index (κ3) is 22.3. The van der Waals surface area contributed by atoms with Gasteiger partial charge in [-0.25, -0.2) is 40.5 Å². The number of urea groups is 1. The van der Waals surface area contributed by atoms with Crippen molar-refractivity contribution in [3.05, 3.63) is 74.4 Å². The summed E-state index contributed by atoms with van der Waals surface area (Å²) in [6.07, 6.45) is 6.78. The van der Waals surface area contributed by atoms with Gasteiger partial charge in [0.25, 0.3) is 10.0 Å². The van der Waals surface area contributed by atoms with Crippen LogP contribution in [-0.2, 0) is 40.3 Å². The Balaban J connectivity index is 0.000000532. The van der Waals surface area contributed by atoms with E-state index in [4.69, 9.17) is 38.3 Å². The van der Waals surface area contributed by atoms with Gasteiger partial charge in [-0.2, -0.15) is 41.0 Å². The fourth-order valence-electron chi connectivity index (χ4n) is 4.08. The highest BCUT2D eigenvalue weighted by atomic mass is 35.5. The van der Waals surface area contributed by atoms with Gasteiger partial charge in [-0.05, 0) is 42.1 Å². The molecule has 2 aromatic carbocycles. The van der Waals surface area contributed by atoms with Gasteiger partial charge in [-0.3, -0.25) is 20.2 Å². The van der Waals surface area contributed by atoms with E-state index in [2.05, 4.69) is 48.0 Å². The zero-order chi connectivity index (χ0) is 51.8. The molecule has 374 valence electrons. The predicted molar refractivity (Wildman–Crippen MR) is 226 cm³/mol. The fourth-order valence-corrected chi connectivity index (χ4v) is 6.72. The number of aliphatic carboxylic acids is 1. The monoisotopic (exact) mass is 1090 g/mol. The number of benzene rings is 2. The van der Waals surface area contributed by atoms with Crippen LogP contribution in [0.5, 0.6) is 11.8 Å². The first-order chi connectivity index (χ1) is 30.6. The molecule has 0 bridgehead atoms. The van der Waals surface area contributed by atoms with Gasteiger partial charge in [0.1, 0.15) is 18.3 Å². The van der Waals surface area contributed by atoms with Crippen molar-refractivity contribution in [2.45, 2.75) is 31.6 Å². The topological polar surface area (TPSA) is 352 Å². The Labute approximate surface area is 387 Å². The Morgan fingerprint density at radius 2 is 1.45 bits per heavy atom. The molecular weight excluding hydrogens is 1050 g/mol. The maximum atomic E-state index is 12.8. The van der Waals surface area contributed by atoms with Gasteiger partial charge in [-0.15, -0.1) is 5.10 Å².